The zero-order chi connectivity index (χ0) is 26.3. The average Bonchev–Trinajstić information content (AvgIpc) is 2.80. The van der Waals surface area contributed by atoms with E-state index in [-0.39, 0.29) is 18.5 Å². The number of aliphatic hydroxyl groups is 2. The SMILES string of the molecule is CCCCCCCCCCCC(CCCCCC(CC(=O)OC(CO)CO)OC(C)=O)OC(C)=O. The summed E-state index contributed by atoms with van der Waals surface area (Å²) in [7, 11) is 0. The van der Waals surface area contributed by atoms with Gasteiger partial charge in [-0.3, -0.25) is 14.4 Å². The maximum absolute atomic E-state index is 12.0. The van der Waals surface area contributed by atoms with Gasteiger partial charge in [0.2, 0.25) is 0 Å². The molecule has 0 spiro atoms. The van der Waals surface area contributed by atoms with Gasteiger partial charge in [-0.1, -0.05) is 64.7 Å². The first kappa shape index (κ1) is 33.3. The van der Waals surface area contributed by atoms with Gasteiger partial charge in [0.1, 0.15) is 18.3 Å². The Morgan fingerprint density at radius 1 is 0.571 bits per heavy atom. The molecular formula is C27H50O8. The summed E-state index contributed by atoms with van der Waals surface area (Å²) in [6.45, 7) is 4.03. The number of ether oxygens (including phenoxy) is 3. The maximum atomic E-state index is 12.0. The van der Waals surface area contributed by atoms with E-state index in [1.165, 1.54) is 65.2 Å². The van der Waals surface area contributed by atoms with Crippen LogP contribution < -0.4 is 0 Å². The lowest BCUT2D eigenvalue weighted by Gasteiger charge is -2.19. The minimum Gasteiger partial charge on any atom is -0.463 e. The highest BCUT2D eigenvalue weighted by Crippen LogP contribution is 2.18. The minimum atomic E-state index is -0.968. The molecule has 2 atom stereocenters. The monoisotopic (exact) mass is 502 g/mol. The second-order valence-corrected chi connectivity index (χ2v) is 9.40. The second-order valence-electron chi connectivity index (χ2n) is 9.40. The van der Waals surface area contributed by atoms with Crippen molar-refractivity contribution < 1.29 is 38.8 Å². The third-order valence-corrected chi connectivity index (χ3v) is 5.95. The molecule has 0 aromatic rings. The fourth-order valence-corrected chi connectivity index (χ4v) is 4.09. The summed E-state index contributed by atoms with van der Waals surface area (Å²) < 4.78 is 15.7. The van der Waals surface area contributed by atoms with Gasteiger partial charge >= 0.3 is 17.9 Å². The predicted molar refractivity (Wildman–Crippen MR) is 135 cm³/mol. The summed E-state index contributed by atoms with van der Waals surface area (Å²) in [5.74, 6) is -1.34. The summed E-state index contributed by atoms with van der Waals surface area (Å²) in [6.07, 6.45) is 14.2. The van der Waals surface area contributed by atoms with Crippen LogP contribution in [0.5, 0.6) is 0 Å². The molecule has 0 radical (unpaired) electrons. The van der Waals surface area contributed by atoms with Crippen molar-refractivity contribution in [3.8, 4) is 0 Å². The van der Waals surface area contributed by atoms with Crippen LogP contribution in [-0.2, 0) is 28.6 Å². The van der Waals surface area contributed by atoms with Gasteiger partial charge in [-0.15, -0.1) is 0 Å². The van der Waals surface area contributed by atoms with E-state index < -0.39 is 37.4 Å². The van der Waals surface area contributed by atoms with Crippen LogP contribution in [0.1, 0.15) is 124 Å². The number of hydrogen-bond acceptors (Lipinski definition) is 8. The standard InChI is InChI=1S/C27H50O8/c1-4-5-6-7-8-9-10-11-13-16-24(33-22(2)30)17-14-12-15-18-25(34-23(3)31)19-27(32)35-26(20-28)21-29/h24-26,28-29H,4-21H2,1-3H3. The van der Waals surface area contributed by atoms with Gasteiger partial charge in [-0.05, 0) is 38.5 Å². The molecule has 35 heavy (non-hydrogen) atoms. The molecule has 2 unspecified atom stereocenters. The van der Waals surface area contributed by atoms with Crippen LogP contribution in [0, 0.1) is 0 Å². The zero-order valence-electron chi connectivity index (χ0n) is 22.3. The van der Waals surface area contributed by atoms with E-state index >= 15 is 0 Å². The molecule has 0 aromatic carbocycles. The van der Waals surface area contributed by atoms with Crippen molar-refractivity contribution >= 4 is 17.9 Å². The average molecular weight is 503 g/mol. The Labute approximate surface area is 212 Å². The molecule has 0 bridgehead atoms. The fourth-order valence-electron chi connectivity index (χ4n) is 4.09. The Morgan fingerprint density at radius 2 is 0.971 bits per heavy atom. The zero-order valence-corrected chi connectivity index (χ0v) is 22.3. The van der Waals surface area contributed by atoms with Crippen LogP contribution in [0.2, 0.25) is 0 Å². The quantitative estimate of drug-likeness (QED) is 0.114. The van der Waals surface area contributed by atoms with E-state index in [2.05, 4.69) is 6.92 Å². The molecule has 0 fully saturated rings. The molecule has 0 aliphatic rings. The summed E-state index contributed by atoms with van der Waals surface area (Å²) in [4.78, 5) is 34.8. The molecule has 0 amide bonds. The van der Waals surface area contributed by atoms with Crippen molar-refractivity contribution in [1.29, 1.82) is 0 Å². The lowest BCUT2D eigenvalue weighted by Crippen LogP contribution is -2.29. The normalized spacial score (nSPS) is 12.9. The van der Waals surface area contributed by atoms with Crippen LogP contribution in [0.4, 0.5) is 0 Å². The van der Waals surface area contributed by atoms with Gasteiger partial charge in [0.25, 0.3) is 0 Å². The third kappa shape index (κ3) is 21.3. The summed E-state index contributed by atoms with van der Waals surface area (Å²) in [6, 6.07) is 0. The van der Waals surface area contributed by atoms with Crippen molar-refractivity contribution in [2.45, 2.75) is 142 Å². The molecule has 0 saturated carbocycles. The summed E-state index contributed by atoms with van der Waals surface area (Å²) in [5.41, 5.74) is 0. The van der Waals surface area contributed by atoms with Gasteiger partial charge in [0, 0.05) is 13.8 Å². The Hall–Kier alpha value is -1.67. The van der Waals surface area contributed by atoms with Crippen molar-refractivity contribution in [2.75, 3.05) is 13.2 Å². The van der Waals surface area contributed by atoms with Crippen molar-refractivity contribution in [3.05, 3.63) is 0 Å². The summed E-state index contributed by atoms with van der Waals surface area (Å²) >= 11 is 0. The van der Waals surface area contributed by atoms with Crippen molar-refractivity contribution in [2.24, 2.45) is 0 Å². The number of esters is 3. The van der Waals surface area contributed by atoms with E-state index in [9.17, 15) is 14.4 Å². The topological polar surface area (TPSA) is 119 Å². The highest BCUT2D eigenvalue weighted by Gasteiger charge is 2.20. The minimum absolute atomic E-state index is 0.0646. The number of hydrogen-bond donors (Lipinski definition) is 2. The van der Waals surface area contributed by atoms with Crippen LogP contribution in [0.15, 0.2) is 0 Å². The number of unbranched alkanes of at least 4 members (excludes halogenated alkanes) is 10. The number of carbonyl (C=O) groups is 3. The van der Waals surface area contributed by atoms with E-state index in [4.69, 9.17) is 24.4 Å². The van der Waals surface area contributed by atoms with Crippen molar-refractivity contribution in [1.82, 2.24) is 0 Å². The largest absolute Gasteiger partial charge is 0.463 e. The molecule has 0 aliphatic heterocycles. The number of aliphatic hydroxyl groups excluding tert-OH is 2. The first-order valence-corrected chi connectivity index (χ1v) is 13.6. The summed E-state index contributed by atoms with van der Waals surface area (Å²) in [5, 5.41) is 18.1. The molecule has 0 aromatic heterocycles. The Kier molecular flexibility index (Phi) is 21.7. The Morgan fingerprint density at radius 3 is 1.43 bits per heavy atom. The fraction of sp³-hybridized carbons (Fsp3) is 0.889. The van der Waals surface area contributed by atoms with Crippen LogP contribution in [0.25, 0.3) is 0 Å². The van der Waals surface area contributed by atoms with E-state index in [1.54, 1.807) is 0 Å². The van der Waals surface area contributed by atoms with Crippen LogP contribution in [0.3, 0.4) is 0 Å². The van der Waals surface area contributed by atoms with Crippen LogP contribution >= 0.6 is 0 Å². The molecule has 0 saturated heterocycles. The predicted octanol–water partition coefficient (Wildman–Crippen LogP) is 5.01. The smallest absolute Gasteiger partial charge is 0.309 e. The third-order valence-electron chi connectivity index (χ3n) is 5.95. The van der Waals surface area contributed by atoms with E-state index in [0.29, 0.717) is 6.42 Å². The van der Waals surface area contributed by atoms with Gasteiger partial charge in [0.15, 0.2) is 0 Å². The van der Waals surface area contributed by atoms with E-state index in [0.717, 1.165) is 38.5 Å². The number of carbonyl (C=O) groups excluding carboxylic acids is 3. The molecule has 206 valence electrons. The highest BCUT2D eigenvalue weighted by atomic mass is 16.6. The maximum Gasteiger partial charge on any atom is 0.309 e. The molecule has 8 nitrogen and oxygen atoms in total. The number of rotatable bonds is 23. The lowest BCUT2D eigenvalue weighted by atomic mass is 10.0. The molecule has 8 heteroatoms. The molecule has 0 heterocycles. The Balaban J connectivity index is 4.21. The van der Waals surface area contributed by atoms with Gasteiger partial charge in [-0.25, -0.2) is 0 Å². The van der Waals surface area contributed by atoms with Gasteiger partial charge in [0.05, 0.1) is 19.6 Å². The highest BCUT2D eigenvalue weighted by molar-refractivity contribution is 5.71. The van der Waals surface area contributed by atoms with Gasteiger partial charge in [-0.2, -0.15) is 0 Å². The molecule has 0 rings (SSSR count). The van der Waals surface area contributed by atoms with Gasteiger partial charge < -0.3 is 24.4 Å². The second kappa shape index (κ2) is 22.8. The lowest BCUT2D eigenvalue weighted by molar-refractivity contribution is -0.160. The first-order chi connectivity index (χ1) is 16.8. The Bertz CT molecular complexity index is 547. The van der Waals surface area contributed by atoms with E-state index in [1.807, 2.05) is 0 Å². The van der Waals surface area contributed by atoms with Crippen molar-refractivity contribution in [3.63, 3.8) is 0 Å². The molecular weight excluding hydrogens is 452 g/mol. The first-order valence-electron chi connectivity index (χ1n) is 13.6. The molecule has 2 N–H and O–H groups in total. The van der Waals surface area contributed by atoms with Crippen LogP contribution in [-0.4, -0.2) is 59.6 Å². The molecule has 0 aliphatic carbocycles.